The molecule has 4 saturated carbocycles. The van der Waals surface area contributed by atoms with Crippen LogP contribution in [-0.2, 0) is 4.79 Å². The van der Waals surface area contributed by atoms with E-state index in [9.17, 15) is 9.59 Å². The number of likely N-dealkylation sites (N-methyl/N-ethyl adjacent to an activating group) is 1. The van der Waals surface area contributed by atoms with E-state index < -0.39 is 0 Å². The van der Waals surface area contributed by atoms with Crippen LogP contribution in [0.2, 0.25) is 0 Å². The molecule has 0 atom stereocenters. The van der Waals surface area contributed by atoms with Gasteiger partial charge in [0.05, 0.1) is 6.61 Å². The Morgan fingerprint density at radius 1 is 1.20 bits per heavy atom. The summed E-state index contributed by atoms with van der Waals surface area (Å²) in [7, 11) is 1.64. The Labute approximate surface area is 176 Å². The third-order valence-corrected chi connectivity index (χ3v) is 7.46. The van der Waals surface area contributed by atoms with Crippen LogP contribution in [0.25, 0.3) is 5.65 Å². The quantitative estimate of drug-likeness (QED) is 0.767. The normalized spacial score (nSPS) is 29.3. The number of fused-ring (bicyclic) bond motifs is 1. The molecule has 160 valence electrons. The summed E-state index contributed by atoms with van der Waals surface area (Å²) in [6.07, 6.45) is 9.98. The number of hydrogen-bond acceptors (Lipinski definition) is 4. The van der Waals surface area contributed by atoms with Crippen LogP contribution in [-0.4, -0.2) is 51.4 Å². The van der Waals surface area contributed by atoms with Crippen LogP contribution < -0.4 is 5.32 Å². The summed E-state index contributed by atoms with van der Waals surface area (Å²) in [6.45, 7) is 0.155. The zero-order valence-corrected chi connectivity index (χ0v) is 17.5. The van der Waals surface area contributed by atoms with Gasteiger partial charge in [-0.1, -0.05) is 6.07 Å². The van der Waals surface area contributed by atoms with Gasteiger partial charge < -0.3 is 15.3 Å². The van der Waals surface area contributed by atoms with Gasteiger partial charge in [-0.05, 0) is 73.8 Å². The number of carbonyl (C=O) groups is 2. The lowest BCUT2D eigenvalue weighted by molar-refractivity contribution is -0.124. The summed E-state index contributed by atoms with van der Waals surface area (Å²) in [5, 5.41) is 12.1. The van der Waals surface area contributed by atoms with Crippen LogP contribution in [0, 0.1) is 23.2 Å². The predicted molar refractivity (Wildman–Crippen MR) is 113 cm³/mol. The number of nitrogens with one attached hydrogen (secondary N) is 1. The first-order chi connectivity index (χ1) is 14.4. The largest absolute Gasteiger partial charge is 0.395 e. The van der Waals surface area contributed by atoms with Crippen LogP contribution in [0.3, 0.4) is 0 Å². The molecule has 2 aromatic heterocycles. The van der Waals surface area contributed by atoms with Gasteiger partial charge in [-0.2, -0.15) is 0 Å². The van der Waals surface area contributed by atoms with Gasteiger partial charge in [0.2, 0.25) is 5.91 Å². The molecule has 0 aliphatic heterocycles. The molecule has 7 heteroatoms. The van der Waals surface area contributed by atoms with Crippen LogP contribution in [0.15, 0.2) is 24.4 Å². The summed E-state index contributed by atoms with van der Waals surface area (Å²) in [5.41, 5.74) is 1.10. The fraction of sp³-hybridized carbons (Fsp3) is 0.609. The van der Waals surface area contributed by atoms with Gasteiger partial charge in [-0.25, -0.2) is 4.98 Å². The van der Waals surface area contributed by atoms with Crippen molar-refractivity contribution in [2.45, 2.75) is 44.9 Å². The molecule has 7 nitrogen and oxygen atoms in total. The molecule has 30 heavy (non-hydrogen) atoms. The molecule has 2 N–H and O–H groups in total. The number of aromatic nitrogens is 2. The van der Waals surface area contributed by atoms with Crippen molar-refractivity contribution >= 4 is 23.3 Å². The summed E-state index contributed by atoms with van der Waals surface area (Å²) in [6, 6.07) is 5.50. The van der Waals surface area contributed by atoms with E-state index in [1.807, 2.05) is 18.2 Å². The minimum absolute atomic E-state index is 0.0587. The molecule has 2 amide bonds. The highest BCUT2D eigenvalue weighted by Gasteiger charge is 2.51. The lowest BCUT2D eigenvalue weighted by atomic mass is 9.49. The fourth-order valence-electron chi connectivity index (χ4n) is 6.70. The van der Waals surface area contributed by atoms with Gasteiger partial charge in [0, 0.05) is 26.2 Å². The fourth-order valence-corrected chi connectivity index (χ4v) is 6.70. The number of hydrogen-bond donors (Lipinski definition) is 2. The number of imidazole rings is 1. The molecule has 0 radical (unpaired) electrons. The number of aliphatic hydroxyl groups is 1. The second kappa shape index (κ2) is 7.38. The molecule has 6 rings (SSSR count). The molecule has 0 aromatic carbocycles. The van der Waals surface area contributed by atoms with E-state index in [0.717, 1.165) is 17.8 Å². The molecule has 4 fully saturated rings. The predicted octanol–water partition coefficient (Wildman–Crippen LogP) is 2.94. The summed E-state index contributed by atoms with van der Waals surface area (Å²) in [5.74, 6) is 2.92. The molecule has 4 aliphatic carbocycles. The SMILES string of the molecule is CN(CCO)C(=O)c1cn2c(NC(=O)CC34CC5CC(CC(C5)C3)C4)cccc2n1. The number of pyridine rings is 1. The monoisotopic (exact) mass is 410 g/mol. The maximum Gasteiger partial charge on any atom is 0.273 e. The molecule has 0 saturated heterocycles. The maximum absolute atomic E-state index is 13.0. The number of carbonyl (C=O) groups excluding carboxylic acids is 2. The van der Waals surface area contributed by atoms with E-state index in [4.69, 9.17) is 5.11 Å². The Balaban J connectivity index is 1.33. The van der Waals surface area contributed by atoms with Gasteiger partial charge in [0.25, 0.3) is 5.91 Å². The summed E-state index contributed by atoms with van der Waals surface area (Å²) < 4.78 is 1.76. The first-order valence-electron chi connectivity index (χ1n) is 11.1. The molecular formula is C23H30N4O3. The van der Waals surface area contributed by atoms with Crippen molar-refractivity contribution in [3.63, 3.8) is 0 Å². The molecular weight excluding hydrogens is 380 g/mol. The van der Waals surface area contributed by atoms with E-state index in [1.165, 1.54) is 43.4 Å². The average molecular weight is 411 g/mol. The maximum atomic E-state index is 13.0. The molecule has 4 aliphatic rings. The molecule has 0 spiro atoms. The van der Waals surface area contributed by atoms with E-state index in [1.54, 1.807) is 17.6 Å². The Morgan fingerprint density at radius 2 is 1.87 bits per heavy atom. The lowest BCUT2D eigenvalue weighted by Crippen LogP contribution is -2.47. The summed E-state index contributed by atoms with van der Waals surface area (Å²) in [4.78, 5) is 31.4. The standard InChI is InChI=1S/C23H30N4O3/c1-26(5-6-28)22(30)18-14-27-19(24-18)3-2-4-20(27)25-21(29)13-23-10-15-7-16(11-23)9-17(8-15)12-23/h2-4,14-17,28H,5-13H2,1H3,(H,25,29). The minimum atomic E-state index is -0.251. The van der Waals surface area contributed by atoms with Crippen LogP contribution >= 0.6 is 0 Å². The van der Waals surface area contributed by atoms with Gasteiger partial charge in [-0.15, -0.1) is 0 Å². The topological polar surface area (TPSA) is 86.9 Å². The second-order valence-corrected chi connectivity index (χ2v) is 9.86. The third kappa shape index (κ3) is 3.49. The number of rotatable bonds is 6. The second-order valence-electron chi connectivity index (χ2n) is 9.86. The highest BCUT2D eigenvalue weighted by atomic mass is 16.3. The van der Waals surface area contributed by atoms with E-state index in [-0.39, 0.29) is 30.4 Å². The van der Waals surface area contributed by atoms with Crippen LogP contribution in [0.1, 0.15) is 55.4 Å². The van der Waals surface area contributed by atoms with E-state index in [0.29, 0.717) is 23.6 Å². The van der Waals surface area contributed by atoms with Crippen molar-refractivity contribution in [3.8, 4) is 0 Å². The lowest BCUT2D eigenvalue weighted by Gasteiger charge is -2.56. The Hall–Kier alpha value is -2.41. The number of aliphatic hydroxyl groups excluding tert-OH is 1. The first-order valence-corrected chi connectivity index (χ1v) is 11.1. The number of amides is 2. The third-order valence-electron chi connectivity index (χ3n) is 7.46. The van der Waals surface area contributed by atoms with Crippen molar-refractivity contribution < 1.29 is 14.7 Å². The van der Waals surface area contributed by atoms with Crippen LogP contribution in [0.5, 0.6) is 0 Å². The van der Waals surface area contributed by atoms with E-state index >= 15 is 0 Å². The first kappa shape index (κ1) is 19.5. The number of anilines is 1. The minimum Gasteiger partial charge on any atom is -0.395 e. The Kier molecular flexibility index (Phi) is 4.81. The summed E-state index contributed by atoms with van der Waals surface area (Å²) >= 11 is 0. The van der Waals surface area contributed by atoms with Crippen molar-refractivity contribution in [3.05, 3.63) is 30.1 Å². The van der Waals surface area contributed by atoms with E-state index in [2.05, 4.69) is 10.3 Å². The average Bonchev–Trinajstić information content (AvgIpc) is 3.11. The Bertz CT molecular complexity index is 947. The molecule has 4 bridgehead atoms. The van der Waals surface area contributed by atoms with Crippen LogP contribution in [0.4, 0.5) is 5.82 Å². The molecule has 0 unspecified atom stereocenters. The highest BCUT2D eigenvalue weighted by Crippen LogP contribution is 2.61. The van der Waals surface area contributed by atoms with Crippen molar-refractivity contribution in [1.29, 1.82) is 0 Å². The zero-order valence-electron chi connectivity index (χ0n) is 17.5. The van der Waals surface area contributed by atoms with Gasteiger partial charge in [0.15, 0.2) is 0 Å². The molecule has 2 heterocycles. The smallest absolute Gasteiger partial charge is 0.273 e. The van der Waals surface area contributed by atoms with Crippen molar-refractivity contribution in [2.24, 2.45) is 23.2 Å². The molecule has 2 aromatic rings. The Morgan fingerprint density at radius 3 is 2.50 bits per heavy atom. The highest BCUT2D eigenvalue weighted by molar-refractivity contribution is 5.94. The van der Waals surface area contributed by atoms with Gasteiger partial charge >= 0.3 is 0 Å². The zero-order chi connectivity index (χ0) is 20.9. The van der Waals surface area contributed by atoms with Gasteiger partial charge in [0.1, 0.15) is 17.2 Å². The van der Waals surface area contributed by atoms with Crippen molar-refractivity contribution in [1.82, 2.24) is 14.3 Å². The van der Waals surface area contributed by atoms with Crippen molar-refractivity contribution in [2.75, 3.05) is 25.5 Å². The van der Waals surface area contributed by atoms with Gasteiger partial charge in [-0.3, -0.25) is 14.0 Å². The number of nitrogens with zero attached hydrogens (tertiary/aromatic N) is 3.